The summed E-state index contributed by atoms with van der Waals surface area (Å²) in [5.74, 6) is 1.23. The van der Waals surface area contributed by atoms with E-state index in [4.69, 9.17) is 0 Å². The molecule has 0 unspecified atom stereocenters. The minimum Gasteiger partial charge on any atom is -0.296 e. The van der Waals surface area contributed by atoms with Gasteiger partial charge in [0.15, 0.2) is 5.82 Å². The summed E-state index contributed by atoms with van der Waals surface area (Å²) in [4.78, 5) is 17.8. The van der Waals surface area contributed by atoms with Gasteiger partial charge in [0, 0.05) is 41.5 Å². The van der Waals surface area contributed by atoms with Crippen molar-refractivity contribution in [2.45, 2.75) is 71.9 Å². The van der Waals surface area contributed by atoms with Crippen LogP contribution in [0.3, 0.4) is 0 Å². The topological polar surface area (TPSA) is 94.3 Å². The maximum atomic E-state index is 13.5. The minimum absolute atomic E-state index is 0.132. The van der Waals surface area contributed by atoms with Crippen molar-refractivity contribution in [3.63, 3.8) is 0 Å². The van der Waals surface area contributed by atoms with Gasteiger partial charge in [-0.1, -0.05) is 56.9 Å². The number of aromatic nitrogens is 7. The molecule has 1 aliphatic rings. The maximum absolute atomic E-state index is 13.5. The van der Waals surface area contributed by atoms with Gasteiger partial charge in [-0.2, -0.15) is 0 Å². The molecule has 0 bridgehead atoms. The Balaban J connectivity index is 1.42. The highest BCUT2D eigenvalue weighted by Gasteiger charge is 2.21. The van der Waals surface area contributed by atoms with Crippen molar-refractivity contribution in [3.8, 4) is 22.5 Å². The van der Waals surface area contributed by atoms with Gasteiger partial charge in [-0.3, -0.25) is 14.1 Å². The first-order valence-electron chi connectivity index (χ1n) is 12.7. The van der Waals surface area contributed by atoms with Crippen molar-refractivity contribution in [3.05, 3.63) is 70.2 Å². The lowest BCUT2D eigenvalue weighted by Crippen LogP contribution is -2.28. The third-order valence-electron chi connectivity index (χ3n) is 7.29. The van der Waals surface area contributed by atoms with E-state index < -0.39 is 0 Å². The molecule has 182 valence electrons. The van der Waals surface area contributed by atoms with Gasteiger partial charge in [0.25, 0.3) is 0 Å². The van der Waals surface area contributed by atoms with Crippen LogP contribution in [0.1, 0.15) is 62.4 Å². The summed E-state index contributed by atoms with van der Waals surface area (Å²) >= 11 is 0. The Hall–Kier alpha value is -3.55. The van der Waals surface area contributed by atoms with Crippen molar-refractivity contribution in [2.75, 3.05) is 0 Å². The first kappa shape index (κ1) is 23.2. The van der Waals surface area contributed by atoms with Gasteiger partial charge in [0.05, 0.1) is 6.54 Å². The van der Waals surface area contributed by atoms with Gasteiger partial charge in [0.2, 0.25) is 0 Å². The Morgan fingerprint density at radius 3 is 2.54 bits per heavy atom. The Labute approximate surface area is 205 Å². The van der Waals surface area contributed by atoms with Crippen LogP contribution in [0.5, 0.6) is 0 Å². The Kier molecular flexibility index (Phi) is 6.88. The lowest BCUT2D eigenvalue weighted by molar-refractivity contribution is 0.313. The largest absolute Gasteiger partial charge is 0.328 e. The van der Waals surface area contributed by atoms with Crippen LogP contribution in [0.15, 0.2) is 47.5 Å². The molecule has 5 rings (SSSR count). The van der Waals surface area contributed by atoms with Crippen molar-refractivity contribution < 1.29 is 0 Å². The van der Waals surface area contributed by atoms with E-state index in [1.165, 1.54) is 37.8 Å². The molecule has 1 saturated carbocycles. The molecule has 4 aromatic rings. The first-order chi connectivity index (χ1) is 17.2. The molecular formula is C27H33N7O. The smallest absolute Gasteiger partial charge is 0.296 e. The van der Waals surface area contributed by atoms with Gasteiger partial charge >= 0.3 is 5.69 Å². The van der Waals surface area contributed by atoms with Crippen molar-refractivity contribution in [2.24, 2.45) is 5.92 Å². The highest BCUT2D eigenvalue weighted by molar-refractivity contribution is 5.79. The Morgan fingerprint density at radius 1 is 1.03 bits per heavy atom. The van der Waals surface area contributed by atoms with E-state index >= 15 is 0 Å². The molecule has 3 aromatic heterocycles. The number of rotatable bonds is 8. The second-order valence-electron chi connectivity index (χ2n) is 9.63. The Bertz CT molecular complexity index is 1310. The van der Waals surface area contributed by atoms with Crippen LogP contribution in [0.25, 0.3) is 22.5 Å². The average Bonchev–Trinajstić information content (AvgIpc) is 3.51. The summed E-state index contributed by atoms with van der Waals surface area (Å²) in [6, 6.07) is 10.3. The van der Waals surface area contributed by atoms with Gasteiger partial charge in [-0.05, 0) is 59.7 Å². The summed E-state index contributed by atoms with van der Waals surface area (Å²) in [7, 11) is 0. The molecule has 0 radical (unpaired) electrons. The number of aromatic amines is 1. The van der Waals surface area contributed by atoms with Crippen LogP contribution >= 0.6 is 0 Å². The lowest BCUT2D eigenvalue weighted by atomic mass is 9.89. The number of imidazole rings is 1. The molecule has 8 heteroatoms. The third kappa shape index (κ3) is 4.83. The number of hydrogen-bond acceptors (Lipinski definition) is 5. The van der Waals surface area contributed by atoms with E-state index in [0.29, 0.717) is 18.3 Å². The van der Waals surface area contributed by atoms with Gasteiger partial charge < -0.3 is 0 Å². The van der Waals surface area contributed by atoms with Crippen LogP contribution < -0.4 is 5.69 Å². The van der Waals surface area contributed by atoms with Gasteiger partial charge in [0.1, 0.15) is 0 Å². The van der Waals surface area contributed by atoms with Crippen molar-refractivity contribution >= 4 is 0 Å². The number of pyridine rings is 1. The predicted octanol–water partition coefficient (Wildman–Crippen LogP) is 4.78. The number of nitrogens with zero attached hydrogens (tertiary/aromatic N) is 6. The molecule has 3 heterocycles. The number of benzene rings is 1. The van der Waals surface area contributed by atoms with Crippen LogP contribution in [0.4, 0.5) is 0 Å². The molecule has 1 N–H and O–H groups in total. The van der Waals surface area contributed by atoms with Crippen LogP contribution in [0, 0.1) is 12.8 Å². The van der Waals surface area contributed by atoms with Crippen LogP contribution in [-0.4, -0.2) is 34.7 Å². The van der Waals surface area contributed by atoms with E-state index in [9.17, 15) is 4.79 Å². The molecule has 8 nitrogen and oxygen atoms in total. The quantitative estimate of drug-likeness (QED) is 0.399. The molecule has 0 amide bonds. The third-order valence-corrected chi connectivity index (χ3v) is 7.29. The molecule has 1 aliphatic carbocycles. The second kappa shape index (κ2) is 10.4. The number of hydrogen-bond donors (Lipinski definition) is 1. The summed E-state index contributed by atoms with van der Waals surface area (Å²) in [5, 5.41) is 14.3. The first-order valence-corrected chi connectivity index (χ1v) is 12.7. The number of tetrazole rings is 1. The summed E-state index contributed by atoms with van der Waals surface area (Å²) in [6.45, 7) is 5.74. The predicted molar refractivity (Wildman–Crippen MR) is 136 cm³/mol. The zero-order chi connectivity index (χ0) is 24.2. The second-order valence-corrected chi connectivity index (χ2v) is 9.63. The molecular weight excluding hydrogens is 438 g/mol. The zero-order valence-electron chi connectivity index (χ0n) is 20.6. The summed E-state index contributed by atoms with van der Waals surface area (Å²) in [6.07, 6.45) is 11.9. The van der Waals surface area contributed by atoms with E-state index in [-0.39, 0.29) is 5.69 Å². The normalized spacial score (nSPS) is 14.5. The highest BCUT2D eigenvalue weighted by Crippen LogP contribution is 2.29. The fraction of sp³-hybridized carbons (Fsp3) is 0.444. The van der Waals surface area contributed by atoms with E-state index in [1.54, 1.807) is 6.20 Å². The lowest BCUT2D eigenvalue weighted by Gasteiger charge is -2.22. The minimum atomic E-state index is 0.132. The van der Waals surface area contributed by atoms with Crippen LogP contribution in [-0.2, 0) is 19.5 Å². The van der Waals surface area contributed by atoms with Gasteiger partial charge in [-0.15, -0.1) is 5.10 Å². The maximum Gasteiger partial charge on any atom is 0.328 e. The molecule has 35 heavy (non-hydrogen) atoms. The Morgan fingerprint density at radius 2 is 1.83 bits per heavy atom. The molecule has 0 aliphatic heterocycles. The fourth-order valence-corrected chi connectivity index (χ4v) is 5.39. The number of nitrogens with one attached hydrogen (secondary N) is 1. The molecule has 1 fully saturated rings. The molecule has 0 spiro atoms. The standard InChI is InChI=1S/C27H33N7O/c1-3-7-25-19(2)33(17-20-8-5-4-6-9-20)27(35)34(25)18-21-10-12-22(13-11-21)24-16-28-15-14-23(24)26-29-31-32-30-26/h10-16,20H,3-9,17-18H2,1-2H3,(H,29,30,31,32). The SMILES string of the molecule is CCCc1c(C)n(CC2CCCCC2)c(=O)n1Cc1ccc(-c2cnccc2-c2nnn[nH]2)cc1. The molecule has 1 aromatic carbocycles. The molecule has 0 atom stereocenters. The van der Waals surface area contributed by atoms with Crippen molar-refractivity contribution in [1.29, 1.82) is 0 Å². The van der Waals surface area contributed by atoms with E-state index in [0.717, 1.165) is 47.3 Å². The van der Waals surface area contributed by atoms with Crippen LogP contribution in [0.2, 0.25) is 0 Å². The molecule has 0 saturated heterocycles. The number of H-pyrrole nitrogens is 1. The van der Waals surface area contributed by atoms with E-state index in [2.05, 4.69) is 63.7 Å². The summed E-state index contributed by atoms with van der Waals surface area (Å²) < 4.78 is 4.04. The zero-order valence-corrected chi connectivity index (χ0v) is 20.6. The van der Waals surface area contributed by atoms with Crippen molar-refractivity contribution in [1.82, 2.24) is 34.7 Å². The summed E-state index contributed by atoms with van der Waals surface area (Å²) in [5.41, 5.74) is 6.43. The fourth-order valence-electron chi connectivity index (χ4n) is 5.39. The monoisotopic (exact) mass is 471 g/mol. The van der Waals surface area contributed by atoms with Gasteiger partial charge in [-0.25, -0.2) is 9.89 Å². The highest BCUT2D eigenvalue weighted by atomic mass is 16.1. The average molecular weight is 472 g/mol. The van der Waals surface area contributed by atoms with E-state index in [1.807, 2.05) is 21.4 Å².